The van der Waals surface area contributed by atoms with Crippen LogP contribution in [0.25, 0.3) is 0 Å². The van der Waals surface area contributed by atoms with E-state index in [0.717, 1.165) is 25.7 Å². The van der Waals surface area contributed by atoms with Crippen molar-refractivity contribution in [3.05, 3.63) is 0 Å². The number of carboxylic acid groups (broad SMARTS) is 1. The smallest absolute Gasteiger partial charge is 0.303 e. The first kappa shape index (κ1) is 13.3. The minimum absolute atomic E-state index is 0.0102. The molecule has 0 spiro atoms. The number of rotatable bonds is 5. The minimum Gasteiger partial charge on any atom is -0.481 e. The average molecular weight is 255 g/mol. The molecule has 1 aliphatic heterocycles. The van der Waals surface area contributed by atoms with Crippen molar-refractivity contribution < 1.29 is 19.4 Å². The minimum atomic E-state index is -0.776. The Morgan fingerprint density at radius 2 is 2.17 bits per heavy atom. The molecule has 1 saturated carbocycles. The van der Waals surface area contributed by atoms with Crippen molar-refractivity contribution in [2.75, 3.05) is 13.2 Å². The van der Waals surface area contributed by atoms with E-state index in [4.69, 9.17) is 9.84 Å². The first-order chi connectivity index (χ1) is 8.51. The fraction of sp³-hybridized carbons (Fsp3) is 0.846. The van der Waals surface area contributed by atoms with Gasteiger partial charge in [-0.15, -0.1) is 0 Å². The second-order valence-corrected chi connectivity index (χ2v) is 5.72. The number of carbonyl (C=O) groups is 2. The lowest BCUT2D eigenvalue weighted by atomic mass is 9.66. The highest BCUT2D eigenvalue weighted by Gasteiger charge is 2.40. The van der Waals surface area contributed by atoms with Crippen molar-refractivity contribution in [1.82, 2.24) is 5.32 Å². The Morgan fingerprint density at radius 1 is 1.44 bits per heavy atom. The summed E-state index contributed by atoms with van der Waals surface area (Å²) in [6.07, 6.45) is 3.93. The number of amides is 1. The Hall–Kier alpha value is -1.10. The van der Waals surface area contributed by atoms with Crippen LogP contribution in [0.3, 0.4) is 0 Å². The number of aliphatic carboxylic acids is 1. The summed E-state index contributed by atoms with van der Waals surface area (Å²) in [7, 11) is 0. The summed E-state index contributed by atoms with van der Waals surface area (Å²) in [6.45, 7) is 2.94. The van der Waals surface area contributed by atoms with Gasteiger partial charge in [-0.25, -0.2) is 0 Å². The van der Waals surface area contributed by atoms with Crippen molar-refractivity contribution in [1.29, 1.82) is 0 Å². The third kappa shape index (κ3) is 3.02. The molecule has 5 heteroatoms. The molecular formula is C13H21NO4. The maximum atomic E-state index is 11.9. The molecule has 0 radical (unpaired) electrons. The van der Waals surface area contributed by atoms with E-state index >= 15 is 0 Å². The monoisotopic (exact) mass is 255 g/mol. The average Bonchev–Trinajstić information content (AvgIpc) is 2.68. The van der Waals surface area contributed by atoms with Crippen LogP contribution >= 0.6 is 0 Å². The summed E-state index contributed by atoms with van der Waals surface area (Å²) in [4.78, 5) is 22.7. The van der Waals surface area contributed by atoms with Gasteiger partial charge in [-0.1, -0.05) is 6.42 Å². The molecule has 102 valence electrons. The van der Waals surface area contributed by atoms with Crippen LogP contribution in [-0.4, -0.2) is 36.2 Å². The van der Waals surface area contributed by atoms with Gasteiger partial charge in [0.1, 0.15) is 0 Å². The van der Waals surface area contributed by atoms with Crippen LogP contribution in [0.15, 0.2) is 0 Å². The summed E-state index contributed by atoms with van der Waals surface area (Å²) in [5.74, 6) is -0.834. The lowest BCUT2D eigenvalue weighted by molar-refractivity contribution is -0.142. The maximum Gasteiger partial charge on any atom is 0.303 e. The molecule has 2 unspecified atom stereocenters. The third-order valence-corrected chi connectivity index (χ3v) is 4.15. The van der Waals surface area contributed by atoms with Crippen LogP contribution in [0.4, 0.5) is 0 Å². The van der Waals surface area contributed by atoms with Gasteiger partial charge < -0.3 is 15.2 Å². The Balaban J connectivity index is 1.79. The van der Waals surface area contributed by atoms with Gasteiger partial charge in [0.15, 0.2) is 0 Å². The van der Waals surface area contributed by atoms with E-state index in [9.17, 15) is 9.59 Å². The molecule has 1 aliphatic carbocycles. The number of carboxylic acids is 1. The van der Waals surface area contributed by atoms with Gasteiger partial charge in [-0.05, 0) is 31.6 Å². The molecule has 0 aromatic carbocycles. The molecular weight excluding hydrogens is 234 g/mol. The Kier molecular flexibility index (Phi) is 3.90. The van der Waals surface area contributed by atoms with Gasteiger partial charge >= 0.3 is 5.97 Å². The summed E-state index contributed by atoms with van der Waals surface area (Å²) in [5, 5.41) is 11.8. The van der Waals surface area contributed by atoms with Gasteiger partial charge in [0.25, 0.3) is 0 Å². The molecule has 1 amide bonds. The van der Waals surface area contributed by atoms with Crippen molar-refractivity contribution in [2.45, 2.75) is 45.1 Å². The Bertz CT molecular complexity index is 338. The molecule has 2 rings (SSSR count). The van der Waals surface area contributed by atoms with Gasteiger partial charge in [-0.3, -0.25) is 9.59 Å². The number of hydrogen-bond donors (Lipinski definition) is 2. The van der Waals surface area contributed by atoms with Gasteiger partial charge in [-0.2, -0.15) is 0 Å². The zero-order chi connectivity index (χ0) is 13.2. The highest BCUT2D eigenvalue weighted by Crippen LogP contribution is 2.43. The third-order valence-electron chi connectivity index (χ3n) is 4.15. The Labute approximate surface area is 107 Å². The summed E-state index contributed by atoms with van der Waals surface area (Å²) < 4.78 is 5.37. The highest BCUT2D eigenvalue weighted by atomic mass is 16.5. The van der Waals surface area contributed by atoms with Gasteiger partial charge in [0.2, 0.25) is 5.91 Å². The molecule has 1 saturated heterocycles. The number of carbonyl (C=O) groups excluding carboxylic acids is 1. The second kappa shape index (κ2) is 5.26. The Morgan fingerprint density at radius 3 is 2.61 bits per heavy atom. The molecule has 18 heavy (non-hydrogen) atoms. The zero-order valence-corrected chi connectivity index (χ0v) is 10.8. The van der Waals surface area contributed by atoms with Crippen LogP contribution in [0.2, 0.25) is 0 Å². The van der Waals surface area contributed by atoms with E-state index in [1.807, 2.05) is 6.92 Å². The fourth-order valence-electron chi connectivity index (χ4n) is 2.83. The van der Waals surface area contributed by atoms with Crippen LogP contribution in [0, 0.1) is 11.3 Å². The number of nitrogens with one attached hydrogen (secondary N) is 1. The normalized spacial score (nSPS) is 29.6. The largest absolute Gasteiger partial charge is 0.481 e. The molecule has 2 N–H and O–H groups in total. The molecule has 2 aliphatic rings. The predicted molar refractivity (Wildman–Crippen MR) is 65.1 cm³/mol. The standard InChI is InChI=1S/C13H21NO4/c1-9-5-10(7-18-9)12(17)14-8-13(3-2-4-13)6-11(15)16/h9-10H,2-8H2,1H3,(H,14,17)(H,15,16). The van der Waals surface area contributed by atoms with E-state index in [1.165, 1.54) is 0 Å². The van der Waals surface area contributed by atoms with Crippen molar-refractivity contribution in [3.8, 4) is 0 Å². The molecule has 0 bridgehead atoms. The van der Waals surface area contributed by atoms with Crippen LogP contribution in [-0.2, 0) is 14.3 Å². The highest BCUT2D eigenvalue weighted by molar-refractivity contribution is 5.79. The van der Waals surface area contributed by atoms with Crippen molar-refractivity contribution >= 4 is 11.9 Å². The van der Waals surface area contributed by atoms with E-state index in [2.05, 4.69) is 5.32 Å². The first-order valence-corrected chi connectivity index (χ1v) is 6.62. The van der Waals surface area contributed by atoms with Crippen molar-refractivity contribution in [3.63, 3.8) is 0 Å². The van der Waals surface area contributed by atoms with Gasteiger partial charge in [0, 0.05) is 6.54 Å². The van der Waals surface area contributed by atoms with E-state index < -0.39 is 5.97 Å². The zero-order valence-electron chi connectivity index (χ0n) is 10.8. The fourth-order valence-corrected chi connectivity index (χ4v) is 2.83. The van der Waals surface area contributed by atoms with Crippen LogP contribution < -0.4 is 5.32 Å². The molecule has 1 heterocycles. The van der Waals surface area contributed by atoms with E-state index in [0.29, 0.717) is 13.2 Å². The summed E-state index contributed by atoms with van der Waals surface area (Å²) in [6, 6.07) is 0. The topological polar surface area (TPSA) is 75.6 Å². The molecule has 0 aromatic rings. The molecule has 0 aromatic heterocycles. The number of ether oxygens (including phenoxy) is 1. The molecule has 2 atom stereocenters. The molecule has 5 nitrogen and oxygen atoms in total. The lowest BCUT2D eigenvalue weighted by Gasteiger charge is -2.41. The number of hydrogen-bond acceptors (Lipinski definition) is 3. The SMILES string of the molecule is CC1CC(C(=O)NCC2(CC(=O)O)CCC2)CO1. The first-order valence-electron chi connectivity index (χ1n) is 6.62. The predicted octanol–water partition coefficient (Wildman–Crippen LogP) is 1.17. The van der Waals surface area contributed by atoms with E-state index in [-0.39, 0.29) is 29.8 Å². The quantitative estimate of drug-likeness (QED) is 0.773. The second-order valence-electron chi connectivity index (χ2n) is 5.72. The van der Waals surface area contributed by atoms with Gasteiger partial charge in [0.05, 0.1) is 25.0 Å². The van der Waals surface area contributed by atoms with Crippen molar-refractivity contribution in [2.24, 2.45) is 11.3 Å². The lowest BCUT2D eigenvalue weighted by Crippen LogP contribution is -2.45. The van der Waals surface area contributed by atoms with E-state index in [1.54, 1.807) is 0 Å². The van der Waals surface area contributed by atoms with Crippen LogP contribution in [0.1, 0.15) is 39.0 Å². The molecule has 2 fully saturated rings. The van der Waals surface area contributed by atoms with Crippen LogP contribution in [0.5, 0.6) is 0 Å². The summed E-state index contributed by atoms with van der Waals surface area (Å²) >= 11 is 0. The maximum absolute atomic E-state index is 11.9. The summed E-state index contributed by atoms with van der Waals surface area (Å²) in [5.41, 5.74) is -0.202.